The monoisotopic (exact) mass is 299 g/mol. The lowest BCUT2D eigenvalue weighted by Gasteiger charge is -2.11. The second-order valence-corrected chi connectivity index (χ2v) is 4.85. The fourth-order valence-electron chi connectivity index (χ4n) is 1.49. The van der Waals surface area contributed by atoms with Gasteiger partial charge in [-0.1, -0.05) is 17.8 Å². The minimum Gasteiger partial charge on any atom is -0.478 e. The number of benzene rings is 1. The van der Waals surface area contributed by atoms with E-state index in [0.29, 0.717) is 4.90 Å². The molecule has 0 amide bonds. The highest BCUT2D eigenvalue weighted by atomic mass is 32.2. The standard InChI is InChI=1S/C13H8F3NO2S/c14-13(15,16)10-5-2-6-17-11(10)20-9-4-1-3-8(7-9)12(18)19/h1-7H,(H,18,19). The van der Waals surface area contributed by atoms with Crippen LogP contribution in [-0.2, 0) is 6.18 Å². The predicted molar refractivity (Wildman–Crippen MR) is 66.8 cm³/mol. The Hall–Kier alpha value is -2.02. The van der Waals surface area contributed by atoms with Crippen molar-refractivity contribution in [3.63, 3.8) is 0 Å². The van der Waals surface area contributed by atoms with Gasteiger partial charge in [-0.05, 0) is 30.3 Å². The number of aromatic nitrogens is 1. The van der Waals surface area contributed by atoms with Crippen LogP contribution in [0.3, 0.4) is 0 Å². The van der Waals surface area contributed by atoms with E-state index in [0.717, 1.165) is 17.8 Å². The molecule has 1 aromatic heterocycles. The van der Waals surface area contributed by atoms with E-state index in [9.17, 15) is 18.0 Å². The average Bonchev–Trinajstić information content (AvgIpc) is 2.38. The number of rotatable bonds is 3. The third kappa shape index (κ3) is 3.30. The van der Waals surface area contributed by atoms with Crippen LogP contribution in [0.4, 0.5) is 13.2 Å². The van der Waals surface area contributed by atoms with Crippen molar-refractivity contribution in [2.75, 3.05) is 0 Å². The minimum atomic E-state index is -4.50. The van der Waals surface area contributed by atoms with Crippen LogP contribution in [0.15, 0.2) is 52.5 Å². The third-order valence-electron chi connectivity index (χ3n) is 2.37. The van der Waals surface area contributed by atoms with Crippen LogP contribution in [0.2, 0.25) is 0 Å². The molecule has 1 N–H and O–H groups in total. The Morgan fingerprint density at radius 1 is 1.20 bits per heavy atom. The molecule has 0 spiro atoms. The van der Waals surface area contributed by atoms with E-state index in [4.69, 9.17) is 5.11 Å². The van der Waals surface area contributed by atoms with Gasteiger partial charge in [0.1, 0.15) is 5.03 Å². The maximum Gasteiger partial charge on any atom is 0.419 e. The third-order valence-corrected chi connectivity index (χ3v) is 3.38. The van der Waals surface area contributed by atoms with Gasteiger partial charge in [-0.3, -0.25) is 0 Å². The van der Waals surface area contributed by atoms with Crippen molar-refractivity contribution in [1.82, 2.24) is 4.98 Å². The van der Waals surface area contributed by atoms with Crippen molar-refractivity contribution in [3.8, 4) is 0 Å². The van der Waals surface area contributed by atoms with E-state index >= 15 is 0 Å². The average molecular weight is 299 g/mol. The number of carboxylic acids is 1. The molecule has 3 nitrogen and oxygen atoms in total. The molecule has 20 heavy (non-hydrogen) atoms. The molecule has 0 atom stereocenters. The molecule has 0 aliphatic rings. The molecule has 104 valence electrons. The SMILES string of the molecule is O=C(O)c1cccc(Sc2ncccc2C(F)(F)F)c1. The van der Waals surface area contributed by atoms with Crippen LogP contribution in [0.25, 0.3) is 0 Å². The van der Waals surface area contributed by atoms with Gasteiger partial charge in [-0.25, -0.2) is 9.78 Å². The van der Waals surface area contributed by atoms with Crippen molar-refractivity contribution in [2.45, 2.75) is 16.1 Å². The van der Waals surface area contributed by atoms with Gasteiger partial charge >= 0.3 is 12.1 Å². The summed E-state index contributed by atoms with van der Waals surface area (Å²) in [5.74, 6) is -1.13. The Labute approximate surface area is 116 Å². The Balaban J connectivity index is 2.36. The highest BCUT2D eigenvalue weighted by molar-refractivity contribution is 7.99. The van der Waals surface area contributed by atoms with Crippen molar-refractivity contribution in [2.24, 2.45) is 0 Å². The molecule has 0 saturated heterocycles. The van der Waals surface area contributed by atoms with Crippen molar-refractivity contribution >= 4 is 17.7 Å². The van der Waals surface area contributed by atoms with Crippen LogP contribution in [0, 0.1) is 0 Å². The summed E-state index contributed by atoms with van der Waals surface area (Å²) in [5.41, 5.74) is -0.829. The zero-order valence-corrected chi connectivity index (χ0v) is 10.7. The highest BCUT2D eigenvalue weighted by Gasteiger charge is 2.34. The predicted octanol–water partition coefficient (Wildman–Crippen LogP) is 3.95. The highest BCUT2D eigenvalue weighted by Crippen LogP contribution is 2.38. The summed E-state index contributed by atoms with van der Waals surface area (Å²) in [6.07, 6.45) is -3.24. The molecule has 0 aliphatic carbocycles. The number of halogens is 3. The molecule has 0 fully saturated rings. The number of aromatic carboxylic acids is 1. The van der Waals surface area contributed by atoms with Crippen LogP contribution in [-0.4, -0.2) is 16.1 Å². The Morgan fingerprint density at radius 2 is 1.95 bits per heavy atom. The summed E-state index contributed by atoms with van der Waals surface area (Å²) in [6.45, 7) is 0. The number of carbonyl (C=O) groups is 1. The van der Waals surface area contributed by atoms with Crippen molar-refractivity contribution in [3.05, 3.63) is 53.7 Å². The summed E-state index contributed by atoms with van der Waals surface area (Å²) in [4.78, 5) is 14.9. The lowest BCUT2D eigenvalue weighted by atomic mass is 10.2. The first-order valence-electron chi connectivity index (χ1n) is 5.41. The molecule has 1 heterocycles. The van der Waals surface area contributed by atoms with Crippen molar-refractivity contribution < 1.29 is 23.1 Å². The van der Waals surface area contributed by atoms with Crippen LogP contribution >= 0.6 is 11.8 Å². The number of hydrogen-bond donors (Lipinski definition) is 1. The second-order valence-electron chi connectivity index (χ2n) is 3.79. The molecule has 0 saturated carbocycles. The number of carboxylic acid groups (broad SMARTS) is 1. The largest absolute Gasteiger partial charge is 0.478 e. The summed E-state index contributed by atoms with van der Waals surface area (Å²) in [5, 5.41) is 8.65. The zero-order valence-electron chi connectivity index (χ0n) is 9.89. The summed E-state index contributed by atoms with van der Waals surface area (Å²) in [7, 11) is 0. The lowest BCUT2D eigenvalue weighted by Crippen LogP contribution is -2.07. The number of nitrogens with zero attached hydrogens (tertiary/aromatic N) is 1. The topological polar surface area (TPSA) is 50.2 Å². The molecule has 2 rings (SSSR count). The maximum absolute atomic E-state index is 12.8. The molecular weight excluding hydrogens is 291 g/mol. The van der Waals surface area contributed by atoms with Gasteiger partial charge in [-0.15, -0.1) is 0 Å². The van der Waals surface area contributed by atoms with Gasteiger partial charge < -0.3 is 5.11 Å². The molecular formula is C13H8F3NO2S. The Bertz CT molecular complexity index is 644. The summed E-state index contributed by atoms with van der Waals surface area (Å²) >= 11 is 0.778. The first-order valence-corrected chi connectivity index (χ1v) is 6.23. The number of pyridine rings is 1. The van der Waals surface area contributed by atoms with E-state index < -0.39 is 17.7 Å². The molecule has 0 bridgehead atoms. The molecule has 2 aromatic rings. The van der Waals surface area contributed by atoms with Crippen molar-refractivity contribution in [1.29, 1.82) is 0 Å². The second kappa shape index (κ2) is 5.54. The van der Waals surface area contributed by atoms with Gasteiger partial charge in [-0.2, -0.15) is 13.2 Å². The molecule has 0 unspecified atom stereocenters. The Kier molecular flexibility index (Phi) is 3.99. The van der Waals surface area contributed by atoms with E-state index in [-0.39, 0.29) is 10.6 Å². The summed E-state index contributed by atoms with van der Waals surface area (Å²) in [6, 6.07) is 7.84. The van der Waals surface area contributed by atoms with E-state index in [2.05, 4.69) is 4.98 Å². The van der Waals surface area contributed by atoms with E-state index in [1.54, 1.807) is 0 Å². The van der Waals surface area contributed by atoms with Gasteiger partial charge in [0, 0.05) is 11.1 Å². The van der Waals surface area contributed by atoms with Gasteiger partial charge in [0.2, 0.25) is 0 Å². The number of hydrogen-bond acceptors (Lipinski definition) is 3. The fourth-order valence-corrected chi connectivity index (χ4v) is 2.46. The van der Waals surface area contributed by atoms with E-state index in [1.807, 2.05) is 0 Å². The minimum absolute atomic E-state index is 0.0134. The van der Waals surface area contributed by atoms with E-state index in [1.165, 1.54) is 36.5 Å². The summed E-state index contributed by atoms with van der Waals surface area (Å²) < 4.78 is 38.4. The van der Waals surface area contributed by atoms with Gasteiger partial charge in [0.15, 0.2) is 0 Å². The first kappa shape index (κ1) is 14.4. The van der Waals surface area contributed by atoms with Crippen LogP contribution in [0.5, 0.6) is 0 Å². The molecule has 1 aromatic carbocycles. The normalized spacial score (nSPS) is 11.3. The number of alkyl halides is 3. The zero-order chi connectivity index (χ0) is 14.8. The molecule has 7 heteroatoms. The maximum atomic E-state index is 12.8. The van der Waals surface area contributed by atoms with Crippen LogP contribution < -0.4 is 0 Å². The van der Waals surface area contributed by atoms with Gasteiger partial charge in [0.25, 0.3) is 0 Å². The smallest absolute Gasteiger partial charge is 0.419 e. The fraction of sp³-hybridized carbons (Fsp3) is 0.0769. The van der Waals surface area contributed by atoms with Crippen LogP contribution in [0.1, 0.15) is 15.9 Å². The van der Waals surface area contributed by atoms with Gasteiger partial charge in [0.05, 0.1) is 11.1 Å². The quantitative estimate of drug-likeness (QED) is 0.932. The molecule has 0 aliphatic heterocycles. The molecule has 0 radical (unpaired) electrons. The lowest BCUT2D eigenvalue weighted by molar-refractivity contribution is -0.140. The first-order chi connectivity index (χ1) is 9.38. The Morgan fingerprint density at radius 3 is 2.60 bits per heavy atom.